The van der Waals surface area contributed by atoms with Crippen molar-refractivity contribution in [1.29, 1.82) is 0 Å². The van der Waals surface area contributed by atoms with E-state index in [9.17, 15) is 9.59 Å². The fourth-order valence-electron chi connectivity index (χ4n) is 5.69. The maximum absolute atomic E-state index is 13.6. The molecule has 0 saturated carbocycles. The molecule has 1 saturated heterocycles. The predicted octanol–water partition coefficient (Wildman–Crippen LogP) is 6.89. The Bertz CT molecular complexity index is 1930. The van der Waals surface area contributed by atoms with Gasteiger partial charge in [-0.05, 0) is 79.3 Å². The highest BCUT2D eigenvalue weighted by atomic mass is 32.1. The lowest BCUT2D eigenvalue weighted by molar-refractivity contribution is 0.0612. The molecule has 0 spiro atoms. The minimum absolute atomic E-state index is 0.107. The number of carbonyl (C=O) groups is 1. The lowest BCUT2D eigenvalue weighted by atomic mass is 10.00. The molecule has 4 heterocycles. The van der Waals surface area contributed by atoms with Crippen molar-refractivity contribution in [2.45, 2.75) is 26.3 Å². The summed E-state index contributed by atoms with van der Waals surface area (Å²) in [7, 11) is 3.19. The predicted molar refractivity (Wildman–Crippen MR) is 183 cm³/mol. The Kier molecular flexibility index (Phi) is 9.18. The van der Waals surface area contributed by atoms with Crippen LogP contribution in [-0.2, 0) is 11.3 Å². The molecule has 0 bridgehead atoms. The van der Waals surface area contributed by atoms with E-state index >= 15 is 0 Å². The van der Waals surface area contributed by atoms with Gasteiger partial charge < -0.3 is 29.8 Å². The molecule has 1 amide bonds. The Hall–Kier alpha value is -4.93. The van der Waals surface area contributed by atoms with E-state index < -0.39 is 5.91 Å². The third-order valence-corrected chi connectivity index (χ3v) is 9.26. The number of nitrogen functional groups attached to an aromatic ring is 1. The molecule has 1 aliphatic heterocycles. The van der Waals surface area contributed by atoms with E-state index in [-0.39, 0.29) is 11.0 Å². The van der Waals surface area contributed by atoms with Gasteiger partial charge in [-0.1, -0.05) is 18.2 Å². The third-order valence-electron chi connectivity index (χ3n) is 8.23. The number of thiophene rings is 1. The molecule has 0 aliphatic carbocycles. The van der Waals surface area contributed by atoms with Gasteiger partial charge in [0.05, 0.1) is 19.8 Å². The van der Waals surface area contributed by atoms with Gasteiger partial charge in [0.25, 0.3) is 5.91 Å². The molecule has 2 aromatic carbocycles. The third kappa shape index (κ3) is 6.68. The number of hydrogen-bond acceptors (Lipinski definition) is 8. The minimum atomic E-state index is -0.453. The van der Waals surface area contributed by atoms with E-state index in [2.05, 4.69) is 10.3 Å². The molecule has 3 N–H and O–H groups in total. The minimum Gasteiger partial charge on any atom is -0.493 e. The standard InChI is InChI=1S/C36H36N4O5S/c1-22-4-11-33(46-22)29-20-40(19-23-12-14-45-15-13-23)21-30(34(29)41)36(42)39-27-8-5-24(6-9-27)28-16-26(18-38-35(28)37)25-7-10-31(43-2)32(17-25)44-3/h4-11,16-18,20-21,23H,12-15,19H2,1-3H3,(H2,37,38)(H,39,42). The van der Waals surface area contributed by atoms with Gasteiger partial charge in [-0.25, -0.2) is 4.98 Å². The van der Waals surface area contributed by atoms with Gasteiger partial charge in [0.1, 0.15) is 11.4 Å². The number of nitrogens with zero attached hydrogens (tertiary/aromatic N) is 2. The smallest absolute Gasteiger partial charge is 0.261 e. The average molecular weight is 637 g/mol. The summed E-state index contributed by atoms with van der Waals surface area (Å²) >= 11 is 1.55. The number of ether oxygens (including phenoxy) is 3. The van der Waals surface area contributed by atoms with Crippen LogP contribution in [0.3, 0.4) is 0 Å². The second kappa shape index (κ2) is 13.6. The summed E-state index contributed by atoms with van der Waals surface area (Å²) in [5.74, 6) is 1.60. The van der Waals surface area contributed by atoms with Gasteiger partial charge in [-0.15, -0.1) is 11.3 Å². The van der Waals surface area contributed by atoms with Crippen molar-refractivity contribution in [2.24, 2.45) is 5.92 Å². The first-order chi connectivity index (χ1) is 22.3. The van der Waals surface area contributed by atoms with Crippen molar-refractivity contribution in [3.63, 3.8) is 0 Å². The van der Waals surface area contributed by atoms with Crippen molar-refractivity contribution in [3.8, 4) is 44.2 Å². The summed E-state index contributed by atoms with van der Waals surface area (Å²) in [6.45, 7) is 4.18. The molecule has 3 aromatic heterocycles. The fraction of sp³-hybridized carbons (Fsp3) is 0.250. The highest BCUT2D eigenvalue weighted by Crippen LogP contribution is 2.35. The highest BCUT2D eigenvalue weighted by molar-refractivity contribution is 7.15. The van der Waals surface area contributed by atoms with Crippen LogP contribution in [0.1, 0.15) is 28.1 Å². The lowest BCUT2D eigenvalue weighted by Crippen LogP contribution is -2.26. The van der Waals surface area contributed by atoms with Crippen molar-refractivity contribution in [2.75, 3.05) is 38.5 Å². The Morgan fingerprint density at radius 3 is 2.39 bits per heavy atom. The zero-order valence-corrected chi connectivity index (χ0v) is 26.9. The van der Waals surface area contributed by atoms with Gasteiger partial charge in [0, 0.05) is 64.9 Å². The van der Waals surface area contributed by atoms with Crippen molar-refractivity contribution < 1.29 is 19.0 Å². The molecule has 236 valence electrons. The van der Waals surface area contributed by atoms with Crippen LogP contribution in [-0.4, -0.2) is 42.9 Å². The molecule has 46 heavy (non-hydrogen) atoms. The molecular formula is C36H36N4O5S. The molecule has 10 heteroatoms. The summed E-state index contributed by atoms with van der Waals surface area (Å²) in [5, 5.41) is 2.93. The monoisotopic (exact) mass is 636 g/mol. The topological polar surface area (TPSA) is 118 Å². The average Bonchev–Trinajstić information content (AvgIpc) is 3.52. The number of methoxy groups -OCH3 is 2. The Labute approximate surface area is 271 Å². The summed E-state index contributed by atoms with van der Waals surface area (Å²) in [4.78, 5) is 33.6. The number of rotatable bonds is 9. The molecule has 0 radical (unpaired) electrons. The fourth-order valence-corrected chi connectivity index (χ4v) is 6.57. The number of carbonyl (C=O) groups excluding carboxylic acids is 1. The van der Waals surface area contributed by atoms with Gasteiger partial charge in [0.2, 0.25) is 5.43 Å². The first-order valence-corrected chi connectivity index (χ1v) is 15.9. The van der Waals surface area contributed by atoms with Crippen molar-refractivity contribution in [1.82, 2.24) is 9.55 Å². The number of pyridine rings is 2. The van der Waals surface area contributed by atoms with Crippen LogP contribution in [0.2, 0.25) is 0 Å². The quantitative estimate of drug-likeness (QED) is 0.181. The van der Waals surface area contributed by atoms with E-state index in [0.29, 0.717) is 41.0 Å². The number of nitrogens with two attached hydrogens (primary N) is 1. The molecule has 0 atom stereocenters. The van der Waals surface area contributed by atoms with Gasteiger partial charge in [0.15, 0.2) is 11.5 Å². The largest absolute Gasteiger partial charge is 0.493 e. The molecule has 9 nitrogen and oxygen atoms in total. The molecule has 1 fully saturated rings. The van der Waals surface area contributed by atoms with E-state index in [4.69, 9.17) is 19.9 Å². The maximum atomic E-state index is 13.6. The van der Waals surface area contributed by atoms with Crippen LogP contribution < -0.4 is 26.0 Å². The number of benzene rings is 2. The Morgan fingerprint density at radius 1 is 0.957 bits per heavy atom. The number of aryl methyl sites for hydroxylation is 1. The van der Waals surface area contributed by atoms with Crippen LogP contribution >= 0.6 is 11.3 Å². The molecule has 6 rings (SSSR count). The SMILES string of the molecule is COc1ccc(-c2cnc(N)c(-c3ccc(NC(=O)c4cn(CC5CCOCC5)cc(-c5ccc(C)s5)c4=O)cc3)c2)cc1OC. The number of amides is 1. The second-order valence-corrected chi connectivity index (χ2v) is 12.6. The zero-order valence-electron chi connectivity index (χ0n) is 26.0. The van der Waals surface area contributed by atoms with Gasteiger partial charge >= 0.3 is 0 Å². The zero-order chi connectivity index (χ0) is 32.2. The lowest BCUT2D eigenvalue weighted by Gasteiger charge is -2.23. The Balaban J connectivity index is 1.26. The second-order valence-electron chi connectivity index (χ2n) is 11.3. The number of hydrogen-bond donors (Lipinski definition) is 2. The molecule has 1 aliphatic rings. The molecule has 5 aromatic rings. The summed E-state index contributed by atoms with van der Waals surface area (Å²) in [6.07, 6.45) is 7.17. The maximum Gasteiger partial charge on any atom is 0.261 e. The van der Waals surface area contributed by atoms with E-state index in [1.165, 1.54) is 0 Å². The summed E-state index contributed by atoms with van der Waals surface area (Å²) in [5.41, 5.74) is 10.5. The van der Waals surface area contributed by atoms with Crippen LogP contribution in [0.5, 0.6) is 11.5 Å². The van der Waals surface area contributed by atoms with Crippen LogP contribution in [0.25, 0.3) is 32.7 Å². The summed E-state index contributed by atoms with van der Waals surface area (Å²) < 4.78 is 18.3. The number of nitrogens with one attached hydrogen (secondary N) is 1. The van der Waals surface area contributed by atoms with E-state index in [1.807, 2.05) is 66.2 Å². The number of aromatic nitrogens is 2. The highest BCUT2D eigenvalue weighted by Gasteiger charge is 2.20. The van der Waals surface area contributed by atoms with Gasteiger partial charge in [-0.3, -0.25) is 9.59 Å². The number of anilines is 2. The van der Waals surface area contributed by atoms with Gasteiger partial charge in [-0.2, -0.15) is 0 Å². The molecule has 0 unspecified atom stereocenters. The first kappa shape index (κ1) is 31.1. The normalized spacial score (nSPS) is 13.4. The molecular weight excluding hydrogens is 600 g/mol. The van der Waals surface area contributed by atoms with Crippen LogP contribution in [0.4, 0.5) is 11.5 Å². The van der Waals surface area contributed by atoms with Crippen LogP contribution in [0, 0.1) is 12.8 Å². The van der Waals surface area contributed by atoms with Crippen LogP contribution in [0.15, 0.2) is 84.0 Å². The first-order valence-electron chi connectivity index (χ1n) is 15.1. The Morgan fingerprint density at radius 2 is 1.70 bits per heavy atom. The van der Waals surface area contributed by atoms with E-state index in [1.54, 1.807) is 50.1 Å². The van der Waals surface area contributed by atoms with Crippen molar-refractivity contribution in [3.05, 3.63) is 99.9 Å². The summed E-state index contributed by atoms with van der Waals surface area (Å²) in [6, 6.07) is 18.9. The van der Waals surface area contributed by atoms with Crippen molar-refractivity contribution >= 4 is 28.7 Å². The van der Waals surface area contributed by atoms with E-state index in [0.717, 1.165) is 58.1 Å².